The Morgan fingerprint density at radius 1 is 1.33 bits per heavy atom. The van der Waals surface area contributed by atoms with Crippen LogP contribution in [0.3, 0.4) is 0 Å². The number of amides is 1. The van der Waals surface area contributed by atoms with Crippen LogP contribution in [0.15, 0.2) is 30.6 Å². The minimum absolute atomic E-state index is 0.00612. The van der Waals surface area contributed by atoms with Crippen LogP contribution < -0.4 is 5.32 Å². The molecule has 3 atom stereocenters. The van der Waals surface area contributed by atoms with Gasteiger partial charge in [0.15, 0.2) is 0 Å². The van der Waals surface area contributed by atoms with Crippen LogP contribution in [0.4, 0.5) is 0 Å². The summed E-state index contributed by atoms with van der Waals surface area (Å²) in [5.41, 5.74) is 2.49. The quantitative estimate of drug-likeness (QED) is 0.843. The number of hydrogen-bond donors (Lipinski definition) is 1. The molecule has 2 bridgehead atoms. The van der Waals surface area contributed by atoms with E-state index < -0.39 is 0 Å². The second kappa shape index (κ2) is 4.64. The van der Waals surface area contributed by atoms with Crippen LogP contribution in [-0.4, -0.2) is 40.9 Å². The normalized spacial score (nSPS) is 26.9. The first-order valence-electron chi connectivity index (χ1n) is 7.35. The molecule has 0 spiro atoms. The van der Waals surface area contributed by atoms with Crippen LogP contribution in [0, 0.1) is 18.3 Å². The Balaban J connectivity index is 1.55. The number of rotatable bonds is 2. The van der Waals surface area contributed by atoms with Gasteiger partial charge in [0.25, 0.3) is 5.91 Å². The molecule has 3 unspecified atom stereocenters. The minimum Gasteiger partial charge on any atom is -0.348 e. The Morgan fingerprint density at radius 3 is 2.95 bits per heavy atom. The molecule has 4 heteroatoms. The van der Waals surface area contributed by atoms with Crippen molar-refractivity contribution in [2.24, 2.45) is 5.92 Å². The standard InChI is InChI=1S/C17H17N3O/c1-2-12-6-8-20-10-14(3-4-16(12)20)17(21)18-15-11-19-7-5-13(15)9-19/h1,3-4,6,8,10,13,15H,5,7,9,11H2,(H,18,21). The lowest BCUT2D eigenvalue weighted by Crippen LogP contribution is -2.43. The Labute approximate surface area is 123 Å². The average molecular weight is 279 g/mol. The second-order valence-corrected chi connectivity index (χ2v) is 5.97. The highest BCUT2D eigenvalue weighted by Crippen LogP contribution is 2.27. The molecule has 2 aliphatic heterocycles. The fourth-order valence-electron chi connectivity index (χ4n) is 3.57. The summed E-state index contributed by atoms with van der Waals surface area (Å²) in [4.78, 5) is 14.8. The van der Waals surface area contributed by atoms with Crippen molar-refractivity contribution in [1.82, 2.24) is 14.6 Å². The average Bonchev–Trinajstić information content (AvgIpc) is 3.21. The lowest BCUT2D eigenvalue weighted by atomic mass is 10.00. The van der Waals surface area contributed by atoms with Crippen molar-refractivity contribution in [3.8, 4) is 12.3 Å². The van der Waals surface area contributed by atoms with E-state index in [4.69, 9.17) is 6.42 Å². The number of terminal acetylenes is 1. The number of hydrogen-bond acceptors (Lipinski definition) is 2. The van der Waals surface area contributed by atoms with Crippen LogP contribution in [0.25, 0.3) is 5.52 Å². The molecule has 1 N–H and O–H groups in total. The smallest absolute Gasteiger partial charge is 0.253 e. The highest BCUT2D eigenvalue weighted by molar-refractivity contribution is 5.94. The lowest BCUT2D eigenvalue weighted by molar-refractivity contribution is 0.0924. The molecular weight excluding hydrogens is 262 g/mol. The minimum atomic E-state index is 0.00612. The van der Waals surface area contributed by atoms with Crippen molar-refractivity contribution in [3.63, 3.8) is 0 Å². The van der Waals surface area contributed by atoms with Gasteiger partial charge in [0.1, 0.15) is 0 Å². The molecule has 2 aromatic heterocycles. The summed E-state index contributed by atoms with van der Waals surface area (Å²) in [5.74, 6) is 3.28. The van der Waals surface area contributed by atoms with E-state index in [2.05, 4.69) is 16.1 Å². The van der Waals surface area contributed by atoms with Crippen molar-refractivity contribution in [2.75, 3.05) is 19.6 Å². The second-order valence-electron chi connectivity index (χ2n) is 5.97. The fourth-order valence-corrected chi connectivity index (χ4v) is 3.57. The number of pyridine rings is 1. The summed E-state index contributed by atoms with van der Waals surface area (Å²) in [5, 5.41) is 3.18. The maximum Gasteiger partial charge on any atom is 0.253 e. The summed E-state index contributed by atoms with van der Waals surface area (Å²) >= 11 is 0. The van der Waals surface area contributed by atoms with Gasteiger partial charge in [-0.05, 0) is 37.1 Å². The van der Waals surface area contributed by atoms with Gasteiger partial charge in [-0.2, -0.15) is 0 Å². The zero-order valence-electron chi connectivity index (χ0n) is 11.7. The summed E-state index contributed by atoms with van der Waals surface area (Å²) < 4.78 is 1.91. The largest absolute Gasteiger partial charge is 0.348 e. The highest BCUT2D eigenvalue weighted by atomic mass is 16.1. The first kappa shape index (κ1) is 12.5. The predicted molar refractivity (Wildman–Crippen MR) is 81.1 cm³/mol. The van der Waals surface area contributed by atoms with Gasteiger partial charge < -0.3 is 14.6 Å². The molecule has 0 saturated carbocycles. The van der Waals surface area contributed by atoms with Crippen LogP contribution in [0.5, 0.6) is 0 Å². The molecule has 0 radical (unpaired) electrons. The summed E-state index contributed by atoms with van der Waals surface area (Å²) in [6, 6.07) is 5.95. The number of carbonyl (C=O) groups is 1. The van der Waals surface area contributed by atoms with E-state index in [9.17, 15) is 4.79 Å². The molecule has 2 saturated heterocycles. The number of carbonyl (C=O) groups excluding carboxylic acids is 1. The van der Waals surface area contributed by atoms with Gasteiger partial charge in [0.05, 0.1) is 11.1 Å². The molecule has 2 aromatic rings. The van der Waals surface area contributed by atoms with Gasteiger partial charge in [0.2, 0.25) is 0 Å². The first-order chi connectivity index (χ1) is 10.2. The maximum absolute atomic E-state index is 12.4. The molecule has 1 amide bonds. The summed E-state index contributed by atoms with van der Waals surface area (Å²) in [6.07, 6.45) is 10.4. The summed E-state index contributed by atoms with van der Waals surface area (Å²) in [6.45, 7) is 3.30. The van der Waals surface area contributed by atoms with Gasteiger partial charge >= 0.3 is 0 Å². The Morgan fingerprint density at radius 2 is 2.24 bits per heavy atom. The molecule has 106 valence electrons. The number of nitrogens with zero attached hydrogens (tertiary/aromatic N) is 2. The topological polar surface area (TPSA) is 36.8 Å². The number of fused-ring (bicyclic) bond motifs is 3. The number of aromatic nitrogens is 1. The van der Waals surface area contributed by atoms with Gasteiger partial charge in [-0.15, -0.1) is 6.42 Å². The molecule has 4 rings (SSSR count). The van der Waals surface area contributed by atoms with E-state index >= 15 is 0 Å². The molecule has 2 fully saturated rings. The van der Waals surface area contributed by atoms with E-state index in [0.717, 1.165) is 24.2 Å². The van der Waals surface area contributed by atoms with Gasteiger partial charge in [-0.1, -0.05) is 5.92 Å². The zero-order valence-corrected chi connectivity index (χ0v) is 11.7. The van der Waals surface area contributed by atoms with Crippen molar-refractivity contribution >= 4 is 11.4 Å². The molecule has 4 heterocycles. The van der Waals surface area contributed by atoms with Gasteiger partial charge in [0, 0.05) is 37.1 Å². The number of piperidine rings is 1. The SMILES string of the molecule is C#Cc1ccn2cc(C(=O)NC3CN4CCC3C4)ccc12. The predicted octanol–water partition coefficient (Wildman–Crippen LogP) is 1.35. The summed E-state index contributed by atoms with van der Waals surface area (Å²) in [7, 11) is 0. The van der Waals surface area contributed by atoms with Crippen molar-refractivity contribution in [2.45, 2.75) is 12.5 Å². The monoisotopic (exact) mass is 279 g/mol. The third-order valence-corrected chi connectivity index (χ3v) is 4.72. The molecule has 2 aliphatic rings. The number of nitrogens with one attached hydrogen (secondary N) is 1. The van der Waals surface area contributed by atoms with E-state index in [1.807, 2.05) is 35.0 Å². The lowest BCUT2D eigenvalue weighted by Gasteiger charge is -2.23. The van der Waals surface area contributed by atoms with E-state index in [1.165, 1.54) is 13.0 Å². The molecular formula is C17H17N3O. The molecule has 0 aromatic carbocycles. The van der Waals surface area contributed by atoms with Crippen LogP contribution in [0.2, 0.25) is 0 Å². The van der Waals surface area contributed by atoms with Gasteiger partial charge in [-0.3, -0.25) is 4.79 Å². The molecule has 0 aliphatic carbocycles. The Bertz CT molecular complexity index is 755. The van der Waals surface area contributed by atoms with Crippen molar-refractivity contribution in [3.05, 3.63) is 41.7 Å². The van der Waals surface area contributed by atoms with Crippen LogP contribution >= 0.6 is 0 Å². The first-order valence-corrected chi connectivity index (χ1v) is 7.35. The fraction of sp³-hybridized carbons (Fsp3) is 0.353. The van der Waals surface area contributed by atoms with E-state index in [1.54, 1.807) is 0 Å². The molecule has 21 heavy (non-hydrogen) atoms. The molecule has 4 nitrogen and oxygen atoms in total. The van der Waals surface area contributed by atoms with Crippen molar-refractivity contribution in [1.29, 1.82) is 0 Å². The Kier molecular flexibility index (Phi) is 2.76. The van der Waals surface area contributed by atoms with Crippen LogP contribution in [-0.2, 0) is 0 Å². The van der Waals surface area contributed by atoms with Gasteiger partial charge in [-0.25, -0.2) is 0 Å². The third kappa shape index (κ3) is 2.01. The highest BCUT2D eigenvalue weighted by Gasteiger charge is 2.38. The van der Waals surface area contributed by atoms with Crippen LogP contribution in [0.1, 0.15) is 22.3 Å². The Hall–Kier alpha value is -2.25. The van der Waals surface area contributed by atoms with E-state index in [0.29, 0.717) is 17.5 Å². The zero-order chi connectivity index (χ0) is 14.4. The third-order valence-electron chi connectivity index (χ3n) is 4.72. The van der Waals surface area contributed by atoms with Crippen molar-refractivity contribution < 1.29 is 4.79 Å². The van der Waals surface area contributed by atoms with E-state index in [-0.39, 0.29) is 5.91 Å². The maximum atomic E-state index is 12.4.